The molecule has 0 aliphatic heterocycles. The topological polar surface area (TPSA) is 67.2 Å². The van der Waals surface area contributed by atoms with Gasteiger partial charge in [0.15, 0.2) is 0 Å². The van der Waals surface area contributed by atoms with Crippen LogP contribution in [0, 0.1) is 16.7 Å². The highest BCUT2D eigenvalue weighted by Crippen LogP contribution is 2.16. The van der Waals surface area contributed by atoms with E-state index in [0.717, 1.165) is 6.21 Å². The Bertz CT molecular complexity index is 240. The molecular formula is C10H17NO3. The van der Waals surface area contributed by atoms with Gasteiger partial charge in [0.25, 0.3) is 0 Å². The van der Waals surface area contributed by atoms with Crippen molar-refractivity contribution in [3.63, 3.8) is 0 Å². The molecule has 0 rings (SSSR count). The summed E-state index contributed by atoms with van der Waals surface area (Å²) in [5.41, 5.74) is -0.685. The molecule has 1 unspecified atom stereocenters. The summed E-state index contributed by atoms with van der Waals surface area (Å²) < 4.78 is 4.63. The van der Waals surface area contributed by atoms with Crippen LogP contribution in [0.15, 0.2) is 0 Å². The van der Waals surface area contributed by atoms with E-state index in [2.05, 4.69) is 4.74 Å². The van der Waals surface area contributed by atoms with Crippen LogP contribution in [0.25, 0.3) is 0 Å². The van der Waals surface area contributed by atoms with Gasteiger partial charge >= 0.3 is 11.9 Å². The zero-order valence-electron chi connectivity index (χ0n) is 9.09. The zero-order chi connectivity index (χ0) is 11.4. The molecule has 0 bridgehead atoms. The Morgan fingerprint density at radius 1 is 1.43 bits per heavy atom. The summed E-state index contributed by atoms with van der Waals surface area (Å²) in [5, 5.41) is 6.95. The molecule has 0 saturated heterocycles. The first-order valence-corrected chi connectivity index (χ1v) is 4.59. The molecule has 0 aromatic heterocycles. The number of nitrogens with one attached hydrogen (secondary N) is 1. The van der Waals surface area contributed by atoms with Crippen molar-refractivity contribution in [1.82, 2.24) is 0 Å². The van der Waals surface area contributed by atoms with Crippen LogP contribution in [0.3, 0.4) is 0 Å². The minimum absolute atomic E-state index is 0.472. The molecule has 0 fully saturated rings. The third-order valence-corrected chi connectivity index (χ3v) is 1.75. The Morgan fingerprint density at radius 3 is 2.21 bits per heavy atom. The molecule has 80 valence electrons. The quantitative estimate of drug-likeness (QED) is 0.428. The molecule has 0 aliphatic rings. The molecule has 0 saturated carbocycles. The minimum Gasteiger partial charge on any atom is -0.392 e. The minimum atomic E-state index is -0.685. The fourth-order valence-corrected chi connectivity index (χ4v) is 0.673. The van der Waals surface area contributed by atoms with Gasteiger partial charge in [-0.25, -0.2) is 0 Å². The van der Waals surface area contributed by atoms with Gasteiger partial charge < -0.3 is 10.1 Å². The fraction of sp³-hybridized carbons (Fsp3) is 0.700. The molecule has 4 nitrogen and oxygen atoms in total. The van der Waals surface area contributed by atoms with Crippen molar-refractivity contribution in [3.05, 3.63) is 0 Å². The first-order chi connectivity index (χ1) is 6.32. The third-order valence-electron chi connectivity index (χ3n) is 1.75. The lowest BCUT2D eigenvalue weighted by Gasteiger charge is -2.16. The standard InChI is InChI=1S/C10H17NO3/c1-5-7(6-11)8(12)14-9(13)10(2,3)4/h6-7,11H,5H2,1-4H3. The van der Waals surface area contributed by atoms with Crippen LogP contribution in [0.4, 0.5) is 0 Å². The summed E-state index contributed by atoms with van der Waals surface area (Å²) in [6, 6.07) is 0. The Labute approximate surface area is 84.1 Å². The van der Waals surface area contributed by atoms with Crippen LogP contribution in [-0.4, -0.2) is 18.2 Å². The monoisotopic (exact) mass is 199 g/mol. The van der Waals surface area contributed by atoms with E-state index in [9.17, 15) is 9.59 Å². The predicted octanol–water partition coefficient (Wildman–Crippen LogP) is 1.78. The molecule has 0 aliphatic carbocycles. The smallest absolute Gasteiger partial charge is 0.322 e. The van der Waals surface area contributed by atoms with E-state index in [-0.39, 0.29) is 0 Å². The molecule has 0 radical (unpaired) electrons. The summed E-state index contributed by atoms with van der Waals surface area (Å²) in [5.74, 6) is -1.80. The molecular weight excluding hydrogens is 182 g/mol. The van der Waals surface area contributed by atoms with Gasteiger partial charge in [-0.3, -0.25) is 9.59 Å². The van der Waals surface area contributed by atoms with Gasteiger partial charge in [-0.2, -0.15) is 0 Å². The fourth-order valence-electron chi connectivity index (χ4n) is 0.673. The summed E-state index contributed by atoms with van der Waals surface area (Å²) >= 11 is 0. The van der Waals surface area contributed by atoms with E-state index in [1.165, 1.54) is 0 Å². The number of rotatable bonds is 3. The molecule has 0 amide bonds. The Morgan fingerprint density at radius 2 is 1.93 bits per heavy atom. The molecule has 1 atom stereocenters. The van der Waals surface area contributed by atoms with E-state index in [0.29, 0.717) is 6.42 Å². The lowest BCUT2D eigenvalue weighted by molar-refractivity contribution is -0.166. The maximum Gasteiger partial charge on any atom is 0.322 e. The summed E-state index contributed by atoms with van der Waals surface area (Å²) in [6.07, 6.45) is 1.47. The van der Waals surface area contributed by atoms with Gasteiger partial charge in [0, 0.05) is 6.21 Å². The van der Waals surface area contributed by atoms with Crippen LogP contribution in [0.5, 0.6) is 0 Å². The molecule has 0 aromatic carbocycles. The van der Waals surface area contributed by atoms with Gasteiger partial charge in [0.1, 0.15) is 0 Å². The molecule has 14 heavy (non-hydrogen) atoms. The lowest BCUT2D eigenvalue weighted by Crippen LogP contribution is -2.29. The number of hydrogen-bond donors (Lipinski definition) is 1. The highest BCUT2D eigenvalue weighted by atomic mass is 16.6. The molecule has 0 aromatic rings. The highest BCUT2D eigenvalue weighted by molar-refractivity contribution is 5.96. The second-order valence-electron chi connectivity index (χ2n) is 4.14. The Balaban J connectivity index is 4.33. The maximum atomic E-state index is 11.3. The normalized spacial score (nSPS) is 13.1. The van der Waals surface area contributed by atoms with Crippen LogP contribution in [-0.2, 0) is 14.3 Å². The molecule has 0 spiro atoms. The number of hydrogen-bond acceptors (Lipinski definition) is 4. The molecule has 0 heterocycles. The van der Waals surface area contributed by atoms with E-state index in [4.69, 9.17) is 5.41 Å². The average Bonchev–Trinajstić information content (AvgIpc) is 2.04. The van der Waals surface area contributed by atoms with Gasteiger partial charge in [-0.05, 0) is 27.2 Å². The lowest BCUT2D eigenvalue weighted by atomic mass is 9.97. The van der Waals surface area contributed by atoms with Crippen molar-refractivity contribution in [3.8, 4) is 0 Å². The SMILES string of the molecule is CCC(C=N)C(=O)OC(=O)C(C)(C)C. The second-order valence-corrected chi connectivity index (χ2v) is 4.14. The van der Waals surface area contributed by atoms with Crippen molar-refractivity contribution >= 4 is 18.2 Å². The van der Waals surface area contributed by atoms with E-state index in [1.54, 1.807) is 27.7 Å². The van der Waals surface area contributed by atoms with Crippen LogP contribution < -0.4 is 0 Å². The van der Waals surface area contributed by atoms with Crippen LogP contribution >= 0.6 is 0 Å². The number of carbonyl (C=O) groups is 2. The van der Waals surface area contributed by atoms with Gasteiger partial charge in [-0.15, -0.1) is 0 Å². The third kappa shape index (κ3) is 3.68. The summed E-state index contributed by atoms with van der Waals surface area (Å²) in [6.45, 7) is 6.79. The van der Waals surface area contributed by atoms with E-state index < -0.39 is 23.3 Å². The molecule has 1 N–H and O–H groups in total. The van der Waals surface area contributed by atoms with Crippen molar-refractivity contribution in [2.45, 2.75) is 34.1 Å². The van der Waals surface area contributed by atoms with Crippen molar-refractivity contribution in [1.29, 1.82) is 5.41 Å². The number of esters is 2. The number of ether oxygens (including phenoxy) is 1. The highest BCUT2D eigenvalue weighted by Gasteiger charge is 2.27. The summed E-state index contributed by atoms with van der Waals surface area (Å²) in [7, 11) is 0. The first kappa shape index (κ1) is 12.8. The Kier molecular flexibility index (Phi) is 4.47. The predicted molar refractivity (Wildman–Crippen MR) is 53.1 cm³/mol. The van der Waals surface area contributed by atoms with Gasteiger partial charge in [0.2, 0.25) is 0 Å². The number of carbonyl (C=O) groups excluding carboxylic acids is 2. The van der Waals surface area contributed by atoms with Crippen LogP contribution in [0.1, 0.15) is 34.1 Å². The summed E-state index contributed by atoms with van der Waals surface area (Å²) in [4.78, 5) is 22.6. The van der Waals surface area contributed by atoms with Crippen molar-refractivity contribution in [2.75, 3.05) is 0 Å². The van der Waals surface area contributed by atoms with E-state index in [1.807, 2.05) is 0 Å². The van der Waals surface area contributed by atoms with Gasteiger partial charge in [0.05, 0.1) is 11.3 Å². The van der Waals surface area contributed by atoms with E-state index >= 15 is 0 Å². The first-order valence-electron chi connectivity index (χ1n) is 4.59. The second kappa shape index (κ2) is 4.88. The van der Waals surface area contributed by atoms with Gasteiger partial charge in [-0.1, -0.05) is 6.92 Å². The maximum absolute atomic E-state index is 11.3. The van der Waals surface area contributed by atoms with Crippen LogP contribution in [0.2, 0.25) is 0 Å². The Hall–Kier alpha value is -1.19. The van der Waals surface area contributed by atoms with Crippen molar-refractivity contribution in [2.24, 2.45) is 11.3 Å². The largest absolute Gasteiger partial charge is 0.392 e. The average molecular weight is 199 g/mol. The molecule has 4 heteroatoms. The van der Waals surface area contributed by atoms with Crippen molar-refractivity contribution < 1.29 is 14.3 Å². The zero-order valence-corrected chi connectivity index (χ0v) is 9.09.